The molecule has 1 atom stereocenters. The predicted molar refractivity (Wildman–Crippen MR) is 83.9 cm³/mol. The lowest BCUT2D eigenvalue weighted by Crippen LogP contribution is -3.29. The van der Waals surface area contributed by atoms with E-state index in [0.717, 1.165) is 31.7 Å². The van der Waals surface area contributed by atoms with Crippen molar-refractivity contribution in [3.63, 3.8) is 0 Å². The summed E-state index contributed by atoms with van der Waals surface area (Å²) in [5, 5.41) is 0. The molecule has 2 heterocycles. The molecule has 4 heteroatoms. The zero-order valence-electron chi connectivity index (χ0n) is 13.2. The molecule has 0 spiro atoms. The fourth-order valence-corrected chi connectivity index (χ4v) is 3.69. The topological polar surface area (TPSA) is 29.2 Å². The van der Waals surface area contributed by atoms with Gasteiger partial charge in [-0.3, -0.25) is 4.79 Å². The third kappa shape index (κ3) is 2.83. The molecule has 0 aliphatic carbocycles. The summed E-state index contributed by atoms with van der Waals surface area (Å²) >= 11 is 0. The number of hydrogen-bond donors (Lipinski definition) is 2. The van der Waals surface area contributed by atoms with E-state index in [0.29, 0.717) is 5.91 Å². The zero-order chi connectivity index (χ0) is 14.8. The number of benzene rings is 1. The van der Waals surface area contributed by atoms with Crippen LogP contribution in [0.2, 0.25) is 0 Å². The molecule has 0 unspecified atom stereocenters. The Morgan fingerprint density at radius 3 is 2.67 bits per heavy atom. The number of fused-ring (bicyclic) bond motifs is 1. The highest BCUT2D eigenvalue weighted by molar-refractivity contribution is 5.97. The van der Waals surface area contributed by atoms with Gasteiger partial charge in [-0.15, -0.1) is 0 Å². The average Bonchev–Trinajstić information content (AvgIpc) is 2.97. The lowest BCUT2D eigenvalue weighted by atomic mass is 10.1. The summed E-state index contributed by atoms with van der Waals surface area (Å²) in [6.07, 6.45) is 0.998. The van der Waals surface area contributed by atoms with Gasteiger partial charge in [0.1, 0.15) is 26.2 Å². The first-order valence-corrected chi connectivity index (χ1v) is 8.28. The average molecular weight is 289 g/mol. The Morgan fingerprint density at radius 2 is 1.95 bits per heavy atom. The molecule has 2 N–H and O–H groups in total. The minimum absolute atomic E-state index is 0.0783. The van der Waals surface area contributed by atoms with Gasteiger partial charge >= 0.3 is 0 Å². The number of nitrogens with zero attached hydrogens (tertiary/aromatic N) is 1. The highest BCUT2D eigenvalue weighted by atomic mass is 16.2. The maximum Gasteiger partial charge on any atom is 0.284 e. The summed E-state index contributed by atoms with van der Waals surface area (Å²) in [4.78, 5) is 18.0. The largest absolute Gasteiger partial charge is 0.326 e. The van der Waals surface area contributed by atoms with Crippen LogP contribution < -0.4 is 14.7 Å². The van der Waals surface area contributed by atoms with Crippen LogP contribution in [0.4, 0.5) is 5.69 Å². The number of quaternary nitrogens is 2. The first kappa shape index (κ1) is 14.5. The molecule has 4 nitrogen and oxygen atoms in total. The number of carbonyl (C=O) groups is 1. The lowest BCUT2D eigenvalue weighted by molar-refractivity contribution is -1.02. The molecule has 21 heavy (non-hydrogen) atoms. The van der Waals surface area contributed by atoms with E-state index in [9.17, 15) is 4.79 Å². The molecule has 0 bridgehead atoms. The van der Waals surface area contributed by atoms with Crippen LogP contribution in [0, 0.1) is 0 Å². The molecule has 114 valence electrons. The summed E-state index contributed by atoms with van der Waals surface area (Å²) in [5.41, 5.74) is 2.44. The SMILES string of the molecule is CC[NH+]1CC[NH+]([C@@H](C)C(=O)N2CCc3ccccc32)CC1. The first-order chi connectivity index (χ1) is 10.2. The van der Waals surface area contributed by atoms with Crippen molar-refractivity contribution < 1.29 is 14.6 Å². The molecular formula is C17H27N3O+2. The van der Waals surface area contributed by atoms with Gasteiger partial charge in [-0.2, -0.15) is 0 Å². The fraction of sp³-hybridized carbons (Fsp3) is 0.588. The van der Waals surface area contributed by atoms with E-state index in [-0.39, 0.29) is 6.04 Å². The fourth-order valence-electron chi connectivity index (χ4n) is 3.69. The monoisotopic (exact) mass is 289 g/mol. The van der Waals surface area contributed by atoms with Crippen molar-refractivity contribution in [3.8, 4) is 0 Å². The number of amides is 1. The number of nitrogens with one attached hydrogen (secondary N) is 2. The highest BCUT2D eigenvalue weighted by Gasteiger charge is 2.35. The van der Waals surface area contributed by atoms with E-state index in [2.05, 4.69) is 32.0 Å². The second-order valence-electron chi connectivity index (χ2n) is 6.35. The summed E-state index contributed by atoms with van der Waals surface area (Å²) in [7, 11) is 0. The van der Waals surface area contributed by atoms with Crippen LogP contribution in [0.15, 0.2) is 24.3 Å². The van der Waals surface area contributed by atoms with E-state index >= 15 is 0 Å². The quantitative estimate of drug-likeness (QED) is 0.717. The van der Waals surface area contributed by atoms with Crippen molar-refractivity contribution in [3.05, 3.63) is 29.8 Å². The molecule has 3 rings (SSSR count). The normalized spacial score (nSPS) is 26.5. The first-order valence-electron chi connectivity index (χ1n) is 8.28. The summed E-state index contributed by atoms with van der Waals surface area (Å²) in [5.74, 6) is 0.301. The summed E-state index contributed by atoms with van der Waals surface area (Å²) in [6, 6.07) is 8.40. The number of rotatable bonds is 3. The van der Waals surface area contributed by atoms with E-state index in [1.54, 1.807) is 4.90 Å². The third-order valence-electron chi connectivity index (χ3n) is 5.24. The number of likely N-dealkylation sites (N-methyl/N-ethyl adjacent to an activating group) is 1. The Kier molecular flexibility index (Phi) is 4.27. The molecule has 1 fully saturated rings. The number of para-hydroxylation sites is 1. The van der Waals surface area contributed by atoms with Gasteiger partial charge in [0.25, 0.3) is 5.91 Å². The van der Waals surface area contributed by atoms with E-state index < -0.39 is 0 Å². The molecule has 1 aromatic rings. The zero-order valence-corrected chi connectivity index (χ0v) is 13.2. The van der Waals surface area contributed by atoms with Crippen molar-refractivity contribution in [2.75, 3.05) is 44.2 Å². The van der Waals surface area contributed by atoms with Crippen LogP contribution in [0.5, 0.6) is 0 Å². The smallest absolute Gasteiger partial charge is 0.284 e. The van der Waals surface area contributed by atoms with Crippen LogP contribution in [0.1, 0.15) is 19.4 Å². The van der Waals surface area contributed by atoms with Gasteiger partial charge in [0.15, 0.2) is 6.04 Å². The van der Waals surface area contributed by atoms with Crippen LogP contribution in [0.25, 0.3) is 0 Å². The standard InChI is InChI=1S/C17H25N3O/c1-3-18-10-12-19(13-11-18)14(2)17(21)20-9-8-15-6-4-5-7-16(15)20/h4-7,14H,3,8-13H2,1-2H3/p+2/t14-/m0/s1. The van der Waals surface area contributed by atoms with Crippen molar-refractivity contribution in [1.82, 2.24) is 0 Å². The minimum atomic E-state index is 0.0783. The Balaban J connectivity index is 1.66. The summed E-state index contributed by atoms with van der Waals surface area (Å²) < 4.78 is 0. The van der Waals surface area contributed by atoms with Gasteiger partial charge in [0.05, 0.1) is 6.54 Å². The number of hydrogen-bond acceptors (Lipinski definition) is 1. The van der Waals surface area contributed by atoms with Crippen LogP contribution >= 0.6 is 0 Å². The molecule has 1 saturated heterocycles. The van der Waals surface area contributed by atoms with Gasteiger partial charge in [-0.1, -0.05) is 18.2 Å². The van der Waals surface area contributed by atoms with E-state index in [1.165, 1.54) is 30.1 Å². The van der Waals surface area contributed by atoms with Crippen LogP contribution in [0.3, 0.4) is 0 Å². The Morgan fingerprint density at radius 1 is 1.24 bits per heavy atom. The number of piperazine rings is 1. The van der Waals surface area contributed by atoms with Gasteiger partial charge in [-0.05, 0) is 31.9 Å². The van der Waals surface area contributed by atoms with Crippen molar-refractivity contribution in [1.29, 1.82) is 0 Å². The predicted octanol–water partition coefficient (Wildman–Crippen LogP) is -1.23. The lowest BCUT2D eigenvalue weighted by Gasteiger charge is -2.33. The van der Waals surface area contributed by atoms with E-state index in [4.69, 9.17) is 0 Å². The maximum absolute atomic E-state index is 12.9. The molecule has 0 radical (unpaired) electrons. The molecule has 2 aliphatic rings. The second-order valence-corrected chi connectivity index (χ2v) is 6.35. The van der Waals surface area contributed by atoms with Crippen LogP contribution in [-0.4, -0.2) is 51.2 Å². The Labute approximate surface area is 127 Å². The molecule has 0 aromatic heterocycles. The van der Waals surface area contributed by atoms with Gasteiger partial charge < -0.3 is 14.7 Å². The second kappa shape index (κ2) is 6.16. The molecule has 0 saturated carbocycles. The summed E-state index contributed by atoms with van der Waals surface area (Å²) in [6.45, 7) is 11.0. The Hall–Kier alpha value is -1.39. The molecule has 1 amide bonds. The van der Waals surface area contributed by atoms with Gasteiger partial charge in [0.2, 0.25) is 0 Å². The number of carbonyl (C=O) groups excluding carboxylic acids is 1. The highest BCUT2D eigenvalue weighted by Crippen LogP contribution is 2.27. The van der Waals surface area contributed by atoms with E-state index in [1.807, 2.05) is 11.0 Å². The van der Waals surface area contributed by atoms with Gasteiger partial charge in [0, 0.05) is 12.2 Å². The minimum Gasteiger partial charge on any atom is -0.326 e. The number of anilines is 1. The van der Waals surface area contributed by atoms with Crippen molar-refractivity contribution in [2.45, 2.75) is 26.3 Å². The maximum atomic E-state index is 12.9. The van der Waals surface area contributed by atoms with Crippen molar-refractivity contribution in [2.24, 2.45) is 0 Å². The van der Waals surface area contributed by atoms with Crippen molar-refractivity contribution >= 4 is 11.6 Å². The van der Waals surface area contributed by atoms with Crippen LogP contribution in [-0.2, 0) is 11.2 Å². The van der Waals surface area contributed by atoms with Gasteiger partial charge in [-0.25, -0.2) is 0 Å². The molecule has 2 aliphatic heterocycles. The third-order valence-corrected chi connectivity index (χ3v) is 5.24. The molecular weight excluding hydrogens is 262 g/mol. The Bertz CT molecular complexity index is 509. The molecule has 1 aromatic carbocycles.